The third-order valence-electron chi connectivity index (χ3n) is 3.20. The molecule has 1 rings (SSSR count). The lowest BCUT2D eigenvalue weighted by atomic mass is 10.2. The minimum Gasteiger partial charge on any atom is -0.379 e. The molecule has 0 aromatic carbocycles. The summed E-state index contributed by atoms with van der Waals surface area (Å²) >= 11 is 0. The molecule has 1 unspecified atom stereocenters. The number of carbonyl (C=O) groups is 1. The number of nitrogens with zero attached hydrogens (tertiary/aromatic N) is 1. The summed E-state index contributed by atoms with van der Waals surface area (Å²) in [5.41, 5.74) is 0. The number of likely N-dealkylation sites (N-methyl/N-ethyl adjacent to an activating group) is 1. The first-order chi connectivity index (χ1) is 9.08. The Labute approximate surface area is 117 Å². The molecule has 0 saturated carbocycles. The summed E-state index contributed by atoms with van der Waals surface area (Å²) in [5, 5.41) is 6.37. The second-order valence-corrected chi connectivity index (χ2v) is 5.61. The number of carbonyl (C=O) groups excluding carboxylic acids is 1. The van der Waals surface area contributed by atoms with Crippen molar-refractivity contribution in [3.05, 3.63) is 0 Å². The molecule has 1 aliphatic rings. The molecule has 0 aromatic rings. The highest BCUT2D eigenvalue weighted by Gasteiger charge is 2.16. The molecule has 19 heavy (non-hydrogen) atoms. The van der Waals surface area contributed by atoms with Gasteiger partial charge in [0.05, 0.1) is 12.6 Å². The maximum Gasteiger partial charge on any atom is 0.234 e. The lowest BCUT2D eigenvalue weighted by Gasteiger charge is -2.20. The molecule has 0 aromatic heterocycles. The number of hydrogen-bond donors (Lipinski definition) is 2. The molecule has 0 bridgehead atoms. The molecule has 1 saturated heterocycles. The van der Waals surface area contributed by atoms with Crippen molar-refractivity contribution in [3.8, 4) is 0 Å². The Hall–Kier alpha value is -0.650. The van der Waals surface area contributed by atoms with Crippen molar-refractivity contribution in [2.24, 2.45) is 0 Å². The second-order valence-electron chi connectivity index (χ2n) is 5.61. The highest BCUT2D eigenvalue weighted by molar-refractivity contribution is 5.77. The van der Waals surface area contributed by atoms with Crippen molar-refractivity contribution in [2.45, 2.75) is 45.3 Å². The molecule has 2 N–H and O–H groups in total. The van der Waals surface area contributed by atoms with Crippen LogP contribution in [0.5, 0.6) is 0 Å². The molecule has 112 valence electrons. The fourth-order valence-electron chi connectivity index (χ4n) is 2.27. The van der Waals surface area contributed by atoms with Gasteiger partial charge >= 0.3 is 0 Å². The summed E-state index contributed by atoms with van der Waals surface area (Å²) < 4.78 is 5.42. The van der Waals surface area contributed by atoms with E-state index < -0.39 is 0 Å². The Balaban J connectivity index is 1.99. The summed E-state index contributed by atoms with van der Waals surface area (Å²) in [7, 11) is 2.00. The van der Waals surface area contributed by atoms with Gasteiger partial charge in [0.15, 0.2) is 0 Å². The Morgan fingerprint density at radius 1 is 1.53 bits per heavy atom. The number of ether oxygens (including phenoxy) is 1. The van der Waals surface area contributed by atoms with Gasteiger partial charge in [0.2, 0.25) is 5.91 Å². The zero-order chi connectivity index (χ0) is 14.1. The molecule has 0 spiro atoms. The molecular weight excluding hydrogens is 242 g/mol. The molecule has 0 aliphatic carbocycles. The first-order valence-corrected chi connectivity index (χ1v) is 7.38. The summed E-state index contributed by atoms with van der Waals surface area (Å²) in [4.78, 5) is 13.8. The lowest BCUT2D eigenvalue weighted by Crippen LogP contribution is -2.41. The van der Waals surface area contributed by atoms with E-state index in [4.69, 9.17) is 4.74 Å². The number of rotatable bonds is 9. The molecule has 0 radical (unpaired) electrons. The molecule has 5 heteroatoms. The number of hydrogen-bond acceptors (Lipinski definition) is 4. The van der Waals surface area contributed by atoms with Crippen LogP contribution >= 0.6 is 0 Å². The van der Waals surface area contributed by atoms with Gasteiger partial charge in [0.25, 0.3) is 0 Å². The van der Waals surface area contributed by atoms with Crippen molar-refractivity contribution in [1.29, 1.82) is 0 Å². The molecule has 1 atom stereocenters. The van der Waals surface area contributed by atoms with Crippen molar-refractivity contribution < 1.29 is 9.53 Å². The van der Waals surface area contributed by atoms with E-state index in [1.54, 1.807) is 0 Å². The van der Waals surface area contributed by atoms with Crippen molar-refractivity contribution >= 4 is 5.91 Å². The van der Waals surface area contributed by atoms with E-state index in [-0.39, 0.29) is 12.0 Å². The summed E-state index contributed by atoms with van der Waals surface area (Å²) in [6.45, 7) is 7.98. The number of amides is 1. The van der Waals surface area contributed by atoms with Gasteiger partial charge in [-0.2, -0.15) is 0 Å². The van der Waals surface area contributed by atoms with Crippen LogP contribution in [0.2, 0.25) is 0 Å². The summed E-state index contributed by atoms with van der Waals surface area (Å²) in [6, 6.07) is 0.553. The van der Waals surface area contributed by atoms with E-state index in [0.29, 0.717) is 25.7 Å². The van der Waals surface area contributed by atoms with Gasteiger partial charge in [-0.3, -0.25) is 9.69 Å². The molecule has 1 aliphatic heterocycles. The molecule has 1 heterocycles. The SMILES string of the molecule is CC(C)OCCCNC(=O)CN(C)CC1CCCN1. The van der Waals surface area contributed by atoms with E-state index in [1.165, 1.54) is 12.8 Å². The maximum atomic E-state index is 11.7. The molecule has 1 amide bonds. The van der Waals surface area contributed by atoms with Crippen molar-refractivity contribution in [1.82, 2.24) is 15.5 Å². The zero-order valence-corrected chi connectivity index (χ0v) is 12.6. The predicted molar refractivity (Wildman–Crippen MR) is 77.2 cm³/mol. The van der Waals surface area contributed by atoms with Crippen LogP contribution in [0.4, 0.5) is 0 Å². The fourth-order valence-corrected chi connectivity index (χ4v) is 2.27. The first kappa shape index (κ1) is 16.4. The summed E-state index contributed by atoms with van der Waals surface area (Å²) in [5.74, 6) is 0.102. The van der Waals surface area contributed by atoms with Crippen molar-refractivity contribution in [3.63, 3.8) is 0 Å². The summed E-state index contributed by atoms with van der Waals surface area (Å²) in [6.07, 6.45) is 3.61. The fraction of sp³-hybridized carbons (Fsp3) is 0.929. The molecule has 1 fully saturated rings. The van der Waals surface area contributed by atoms with Gasteiger partial charge in [0.1, 0.15) is 0 Å². The standard InChI is InChI=1S/C14H29N3O2/c1-12(2)19-9-5-8-16-14(18)11-17(3)10-13-6-4-7-15-13/h12-13,15H,4-11H2,1-3H3,(H,16,18). The van der Waals surface area contributed by atoms with E-state index in [2.05, 4.69) is 15.5 Å². The largest absolute Gasteiger partial charge is 0.379 e. The van der Waals surface area contributed by atoms with Crippen LogP contribution in [-0.4, -0.2) is 62.8 Å². The Morgan fingerprint density at radius 3 is 2.95 bits per heavy atom. The van der Waals surface area contributed by atoms with Crippen molar-refractivity contribution in [2.75, 3.05) is 39.8 Å². The van der Waals surface area contributed by atoms with Crippen LogP contribution in [0.25, 0.3) is 0 Å². The van der Waals surface area contributed by atoms with E-state index in [1.807, 2.05) is 20.9 Å². The van der Waals surface area contributed by atoms with Crippen LogP contribution in [0.3, 0.4) is 0 Å². The van der Waals surface area contributed by atoms with E-state index in [9.17, 15) is 4.79 Å². The van der Waals surface area contributed by atoms with Gasteiger partial charge in [-0.1, -0.05) is 0 Å². The van der Waals surface area contributed by atoms with Crippen LogP contribution in [-0.2, 0) is 9.53 Å². The molecule has 5 nitrogen and oxygen atoms in total. The van der Waals surface area contributed by atoms with E-state index >= 15 is 0 Å². The van der Waals surface area contributed by atoms with Gasteiger partial charge < -0.3 is 15.4 Å². The minimum absolute atomic E-state index is 0.102. The zero-order valence-electron chi connectivity index (χ0n) is 12.6. The maximum absolute atomic E-state index is 11.7. The van der Waals surface area contributed by atoms with E-state index in [0.717, 1.165) is 19.5 Å². The second kappa shape index (κ2) is 9.28. The Kier molecular flexibility index (Phi) is 8.02. The van der Waals surface area contributed by atoms with Gasteiger partial charge in [-0.05, 0) is 46.7 Å². The highest BCUT2D eigenvalue weighted by atomic mass is 16.5. The average molecular weight is 271 g/mol. The monoisotopic (exact) mass is 271 g/mol. The van der Waals surface area contributed by atoms with Gasteiger partial charge in [-0.25, -0.2) is 0 Å². The Bertz CT molecular complexity index is 253. The third-order valence-corrected chi connectivity index (χ3v) is 3.20. The van der Waals surface area contributed by atoms with Crippen LogP contribution in [0.15, 0.2) is 0 Å². The Morgan fingerprint density at radius 2 is 2.32 bits per heavy atom. The van der Waals surface area contributed by atoms with Crippen LogP contribution in [0.1, 0.15) is 33.1 Å². The third kappa shape index (κ3) is 8.18. The van der Waals surface area contributed by atoms with Gasteiger partial charge in [-0.15, -0.1) is 0 Å². The number of nitrogens with one attached hydrogen (secondary N) is 2. The quantitative estimate of drug-likeness (QED) is 0.603. The average Bonchev–Trinajstić information content (AvgIpc) is 2.80. The predicted octanol–water partition coefficient (Wildman–Crippen LogP) is 0.602. The highest BCUT2D eigenvalue weighted by Crippen LogP contribution is 2.05. The van der Waals surface area contributed by atoms with Crippen LogP contribution < -0.4 is 10.6 Å². The minimum atomic E-state index is 0.102. The van der Waals surface area contributed by atoms with Gasteiger partial charge in [0, 0.05) is 25.7 Å². The smallest absolute Gasteiger partial charge is 0.234 e. The molecular formula is C14H29N3O2. The van der Waals surface area contributed by atoms with Crippen LogP contribution in [0, 0.1) is 0 Å². The first-order valence-electron chi connectivity index (χ1n) is 7.38. The topological polar surface area (TPSA) is 53.6 Å². The lowest BCUT2D eigenvalue weighted by molar-refractivity contribution is -0.122. The normalized spacial score (nSPS) is 19.3.